The minimum absolute atomic E-state index is 1.13. The Morgan fingerprint density at radius 1 is 0.360 bits per heavy atom. The van der Waals surface area contributed by atoms with Gasteiger partial charge >= 0.3 is 0 Å². The van der Waals surface area contributed by atoms with E-state index in [0.29, 0.717) is 0 Å². The molecule has 0 saturated carbocycles. The Balaban J connectivity index is 1.25. The number of benzene rings is 9. The van der Waals surface area contributed by atoms with Gasteiger partial charge in [-0.2, -0.15) is 0 Å². The molecule has 0 atom stereocenters. The predicted octanol–water partition coefficient (Wildman–Crippen LogP) is 13.4. The molecule has 1 aromatic heterocycles. The largest absolute Gasteiger partial charge is 0.309 e. The Morgan fingerprint density at radius 2 is 1.00 bits per heavy atom. The summed E-state index contributed by atoms with van der Waals surface area (Å²) in [6.45, 7) is 0. The number of rotatable bonds is 4. The number of nitrogens with zero attached hydrogens (tertiary/aromatic N) is 2. The van der Waals surface area contributed by atoms with Gasteiger partial charge in [0, 0.05) is 38.7 Å². The van der Waals surface area contributed by atoms with Crippen LogP contribution in [-0.2, 0) is 0 Å². The Kier molecular flexibility index (Phi) is 5.70. The van der Waals surface area contributed by atoms with Crippen molar-refractivity contribution in [2.24, 2.45) is 0 Å². The van der Waals surface area contributed by atoms with Crippen LogP contribution in [0, 0.1) is 0 Å². The van der Waals surface area contributed by atoms with Gasteiger partial charge in [-0.05, 0) is 92.7 Å². The molecular weight excluding hydrogens is 605 g/mol. The Bertz CT molecular complexity index is 2980. The fourth-order valence-electron chi connectivity index (χ4n) is 8.59. The van der Waals surface area contributed by atoms with Gasteiger partial charge in [-0.15, -0.1) is 0 Å². The normalized spacial score (nSPS) is 12.0. The maximum absolute atomic E-state index is 2.51. The summed E-state index contributed by atoms with van der Waals surface area (Å²) in [6.07, 6.45) is 0. The molecule has 9 aromatic carbocycles. The molecule has 0 amide bonds. The van der Waals surface area contributed by atoms with E-state index in [0.717, 1.165) is 17.1 Å². The van der Waals surface area contributed by atoms with E-state index in [2.05, 4.69) is 191 Å². The van der Waals surface area contributed by atoms with Crippen LogP contribution in [0.3, 0.4) is 0 Å². The van der Waals surface area contributed by atoms with Crippen molar-refractivity contribution in [3.05, 3.63) is 182 Å². The third-order valence-corrected chi connectivity index (χ3v) is 10.6. The summed E-state index contributed by atoms with van der Waals surface area (Å²) in [6, 6.07) is 66.8. The first-order valence-electron chi connectivity index (χ1n) is 17.3. The second kappa shape index (κ2) is 10.4. The minimum atomic E-state index is 1.13. The third-order valence-electron chi connectivity index (χ3n) is 10.6. The van der Waals surface area contributed by atoms with Crippen LogP contribution < -0.4 is 4.90 Å². The van der Waals surface area contributed by atoms with E-state index in [-0.39, 0.29) is 0 Å². The summed E-state index contributed by atoms with van der Waals surface area (Å²) in [4.78, 5) is 2.51. The van der Waals surface area contributed by atoms with E-state index < -0.39 is 0 Å². The van der Waals surface area contributed by atoms with Crippen molar-refractivity contribution < 1.29 is 0 Å². The van der Waals surface area contributed by atoms with Crippen LogP contribution in [0.4, 0.5) is 17.1 Å². The number of fused-ring (bicyclic) bond motifs is 9. The van der Waals surface area contributed by atoms with Crippen LogP contribution >= 0.6 is 0 Å². The van der Waals surface area contributed by atoms with E-state index >= 15 is 0 Å². The lowest BCUT2D eigenvalue weighted by molar-refractivity contribution is 1.18. The maximum atomic E-state index is 2.51. The first kappa shape index (κ1) is 27.3. The molecule has 1 heterocycles. The van der Waals surface area contributed by atoms with Gasteiger partial charge in [0.15, 0.2) is 0 Å². The summed E-state index contributed by atoms with van der Waals surface area (Å²) >= 11 is 0. The molecule has 1 aliphatic rings. The zero-order chi connectivity index (χ0) is 32.8. The summed E-state index contributed by atoms with van der Waals surface area (Å²) < 4.78 is 2.39. The number of hydrogen-bond acceptors (Lipinski definition) is 1. The van der Waals surface area contributed by atoms with E-state index in [1.165, 1.54) is 82.1 Å². The topological polar surface area (TPSA) is 8.17 Å². The van der Waals surface area contributed by atoms with Gasteiger partial charge in [-0.25, -0.2) is 0 Å². The molecule has 0 saturated heterocycles. The zero-order valence-corrected chi connectivity index (χ0v) is 27.2. The fraction of sp³-hybridized carbons (Fsp3) is 0. The molecule has 10 aromatic rings. The molecule has 0 N–H and O–H groups in total. The molecule has 0 fully saturated rings. The Hall–Kier alpha value is -6.64. The quantitative estimate of drug-likeness (QED) is 0.175. The Labute approximate surface area is 289 Å². The molecule has 1 aliphatic carbocycles. The van der Waals surface area contributed by atoms with E-state index in [4.69, 9.17) is 0 Å². The van der Waals surface area contributed by atoms with Crippen LogP contribution in [0.25, 0.3) is 82.1 Å². The lowest BCUT2D eigenvalue weighted by atomic mass is 9.94. The summed E-state index contributed by atoms with van der Waals surface area (Å²) in [5, 5.41) is 10.1. The molecule has 11 rings (SSSR count). The standard InChI is InChI=1S/C48H30N2/c1-2-17-34(18-3-1)49-43-24-9-8-21-38(43)41-30-35(27-28-44(41)49)50(42-25-11-15-31-13-4-6-19-36(31)42)45-26-12-23-40-39-22-10-16-33-29-32-14-5-7-20-37(32)48(46(33)39)47(40)45/h1-30H. The van der Waals surface area contributed by atoms with Gasteiger partial charge in [0.1, 0.15) is 0 Å². The van der Waals surface area contributed by atoms with E-state index in [1.807, 2.05) is 0 Å². The van der Waals surface area contributed by atoms with Crippen molar-refractivity contribution in [3.8, 4) is 27.9 Å². The zero-order valence-electron chi connectivity index (χ0n) is 27.2. The summed E-state index contributed by atoms with van der Waals surface area (Å²) in [7, 11) is 0. The van der Waals surface area contributed by atoms with Crippen LogP contribution in [0.5, 0.6) is 0 Å². The molecule has 0 radical (unpaired) electrons. The van der Waals surface area contributed by atoms with Gasteiger partial charge in [0.25, 0.3) is 0 Å². The number of anilines is 3. The van der Waals surface area contributed by atoms with E-state index in [1.54, 1.807) is 0 Å². The van der Waals surface area contributed by atoms with Crippen LogP contribution in [0.15, 0.2) is 182 Å². The van der Waals surface area contributed by atoms with Gasteiger partial charge in [-0.3, -0.25) is 0 Å². The number of para-hydroxylation sites is 2. The van der Waals surface area contributed by atoms with Crippen LogP contribution in [0.2, 0.25) is 0 Å². The van der Waals surface area contributed by atoms with Gasteiger partial charge in [0.2, 0.25) is 0 Å². The van der Waals surface area contributed by atoms with E-state index in [9.17, 15) is 0 Å². The van der Waals surface area contributed by atoms with Crippen molar-refractivity contribution in [2.45, 2.75) is 0 Å². The molecule has 50 heavy (non-hydrogen) atoms. The lowest BCUT2D eigenvalue weighted by Gasteiger charge is -2.29. The molecule has 2 nitrogen and oxygen atoms in total. The summed E-state index contributed by atoms with van der Waals surface area (Å²) in [5.41, 5.74) is 12.2. The van der Waals surface area contributed by atoms with Crippen molar-refractivity contribution in [2.75, 3.05) is 4.90 Å². The van der Waals surface area contributed by atoms with Crippen molar-refractivity contribution in [3.63, 3.8) is 0 Å². The van der Waals surface area contributed by atoms with Crippen molar-refractivity contribution in [1.29, 1.82) is 0 Å². The summed E-state index contributed by atoms with van der Waals surface area (Å²) in [5.74, 6) is 0. The lowest BCUT2D eigenvalue weighted by Crippen LogP contribution is -2.12. The van der Waals surface area contributed by atoms with Crippen LogP contribution in [-0.4, -0.2) is 4.57 Å². The first-order chi connectivity index (χ1) is 24.8. The van der Waals surface area contributed by atoms with Gasteiger partial charge in [-0.1, -0.05) is 127 Å². The highest BCUT2D eigenvalue weighted by atomic mass is 15.1. The monoisotopic (exact) mass is 634 g/mol. The highest BCUT2D eigenvalue weighted by molar-refractivity contribution is 6.26. The second-order valence-corrected chi connectivity index (χ2v) is 13.3. The molecule has 0 spiro atoms. The maximum Gasteiger partial charge on any atom is 0.0547 e. The van der Waals surface area contributed by atoms with Crippen molar-refractivity contribution >= 4 is 71.2 Å². The Morgan fingerprint density at radius 3 is 1.90 bits per heavy atom. The van der Waals surface area contributed by atoms with Crippen LogP contribution in [0.1, 0.15) is 0 Å². The SMILES string of the molecule is c1ccc(-n2c3ccccc3c3cc(N(c4cccc5c4-c4c6ccccc6cc6cccc-5c46)c4cccc5ccccc45)ccc32)cc1. The number of hydrogen-bond donors (Lipinski definition) is 0. The number of aromatic nitrogens is 1. The smallest absolute Gasteiger partial charge is 0.0547 e. The predicted molar refractivity (Wildman–Crippen MR) is 212 cm³/mol. The average molecular weight is 635 g/mol. The molecule has 2 heteroatoms. The first-order valence-corrected chi connectivity index (χ1v) is 17.3. The highest BCUT2D eigenvalue weighted by Gasteiger charge is 2.29. The van der Waals surface area contributed by atoms with Gasteiger partial charge in [0.05, 0.1) is 22.4 Å². The third kappa shape index (κ3) is 3.79. The fourth-order valence-corrected chi connectivity index (χ4v) is 8.59. The molecular formula is C48H30N2. The van der Waals surface area contributed by atoms with Gasteiger partial charge < -0.3 is 9.47 Å². The average Bonchev–Trinajstić information content (AvgIpc) is 3.70. The molecule has 0 unspecified atom stereocenters. The molecule has 0 bridgehead atoms. The minimum Gasteiger partial charge on any atom is -0.309 e. The molecule has 0 aliphatic heterocycles. The molecule has 232 valence electrons. The second-order valence-electron chi connectivity index (χ2n) is 13.3. The van der Waals surface area contributed by atoms with Crippen molar-refractivity contribution in [1.82, 2.24) is 4.57 Å². The highest BCUT2D eigenvalue weighted by Crippen LogP contribution is 2.56.